The third kappa shape index (κ3) is 3.37. The number of fused-ring (bicyclic) bond motifs is 4. The SMILES string of the molecule is COc1ccccc1C(=O)N1C(=S)N(c2ccc(F)cc2)[C@]2(C)C[C@H]1c1cccc(OC)c1O2. The second kappa shape index (κ2) is 8.29. The molecule has 0 radical (unpaired) electrons. The normalized spacial score (nSPS) is 20.9. The van der Waals surface area contributed by atoms with Gasteiger partial charge in [0, 0.05) is 17.7 Å². The number of halogens is 1. The predicted molar refractivity (Wildman–Crippen MR) is 130 cm³/mol. The summed E-state index contributed by atoms with van der Waals surface area (Å²) >= 11 is 5.92. The first-order valence-electron chi connectivity index (χ1n) is 10.8. The Bertz CT molecular complexity index is 1280. The Labute approximate surface area is 202 Å². The van der Waals surface area contributed by atoms with Gasteiger partial charge in [-0.1, -0.05) is 24.3 Å². The van der Waals surface area contributed by atoms with Crippen molar-refractivity contribution in [3.05, 3.63) is 83.7 Å². The summed E-state index contributed by atoms with van der Waals surface area (Å²) in [6.07, 6.45) is 0.436. The molecule has 5 rings (SSSR count). The summed E-state index contributed by atoms with van der Waals surface area (Å²) in [5, 5.41) is 0.259. The van der Waals surface area contributed by atoms with Crippen LogP contribution < -0.4 is 19.1 Å². The molecule has 0 spiro atoms. The summed E-state index contributed by atoms with van der Waals surface area (Å²) in [7, 11) is 3.10. The molecule has 1 saturated heterocycles. The van der Waals surface area contributed by atoms with Gasteiger partial charge in [-0.3, -0.25) is 14.6 Å². The summed E-state index contributed by atoms with van der Waals surface area (Å²) in [6.45, 7) is 1.91. The van der Waals surface area contributed by atoms with Crippen LogP contribution >= 0.6 is 12.2 Å². The molecule has 3 aromatic rings. The quantitative estimate of drug-likeness (QED) is 0.473. The van der Waals surface area contributed by atoms with Crippen LogP contribution in [0.15, 0.2) is 66.7 Å². The highest BCUT2D eigenvalue weighted by Gasteiger charge is 2.54. The second-order valence-electron chi connectivity index (χ2n) is 8.35. The molecule has 2 aliphatic heterocycles. The molecular weight excluding hydrogens is 455 g/mol. The Kier molecular flexibility index (Phi) is 5.40. The van der Waals surface area contributed by atoms with Crippen LogP contribution in [0.5, 0.6) is 17.2 Å². The van der Waals surface area contributed by atoms with Crippen molar-refractivity contribution in [1.82, 2.24) is 4.90 Å². The third-order valence-electron chi connectivity index (χ3n) is 6.31. The van der Waals surface area contributed by atoms with Gasteiger partial charge in [0.15, 0.2) is 22.3 Å². The smallest absolute Gasteiger partial charge is 0.264 e. The fraction of sp³-hybridized carbons (Fsp3) is 0.231. The topological polar surface area (TPSA) is 51.2 Å². The highest BCUT2D eigenvalue weighted by molar-refractivity contribution is 7.80. The summed E-state index contributed by atoms with van der Waals surface area (Å²) in [4.78, 5) is 17.4. The molecule has 174 valence electrons. The van der Waals surface area contributed by atoms with Crippen molar-refractivity contribution in [3.63, 3.8) is 0 Å². The number of methoxy groups -OCH3 is 2. The van der Waals surface area contributed by atoms with Crippen LogP contribution in [-0.2, 0) is 0 Å². The number of ether oxygens (including phenoxy) is 3. The molecule has 1 fully saturated rings. The molecule has 2 bridgehead atoms. The van der Waals surface area contributed by atoms with Crippen molar-refractivity contribution in [3.8, 4) is 17.2 Å². The lowest BCUT2D eigenvalue weighted by atomic mass is 9.88. The Balaban J connectivity index is 1.71. The molecule has 3 aromatic carbocycles. The van der Waals surface area contributed by atoms with E-state index in [1.54, 1.807) is 53.3 Å². The van der Waals surface area contributed by atoms with Crippen molar-refractivity contribution >= 4 is 28.9 Å². The van der Waals surface area contributed by atoms with Gasteiger partial charge in [0.2, 0.25) is 0 Å². The van der Waals surface area contributed by atoms with E-state index in [2.05, 4.69) is 0 Å². The number of carbonyl (C=O) groups is 1. The van der Waals surface area contributed by atoms with Crippen molar-refractivity contribution in [2.24, 2.45) is 0 Å². The van der Waals surface area contributed by atoms with Gasteiger partial charge in [-0.15, -0.1) is 0 Å². The lowest BCUT2D eigenvalue weighted by Crippen LogP contribution is -2.67. The monoisotopic (exact) mass is 478 g/mol. The maximum Gasteiger partial charge on any atom is 0.264 e. The number of hydrogen-bond donors (Lipinski definition) is 0. The Morgan fingerprint density at radius 2 is 1.71 bits per heavy atom. The van der Waals surface area contributed by atoms with Crippen LogP contribution in [0.2, 0.25) is 0 Å². The Morgan fingerprint density at radius 1 is 1.03 bits per heavy atom. The minimum Gasteiger partial charge on any atom is -0.496 e. The zero-order valence-corrected chi connectivity index (χ0v) is 19.8. The lowest BCUT2D eigenvalue weighted by molar-refractivity contribution is 0.0161. The fourth-order valence-corrected chi connectivity index (χ4v) is 5.27. The molecule has 1 amide bonds. The molecule has 2 atom stereocenters. The number of benzene rings is 3. The third-order valence-corrected chi connectivity index (χ3v) is 6.68. The van der Waals surface area contributed by atoms with E-state index < -0.39 is 11.8 Å². The Hall–Kier alpha value is -3.65. The van der Waals surface area contributed by atoms with Gasteiger partial charge in [0.1, 0.15) is 11.6 Å². The van der Waals surface area contributed by atoms with Crippen LogP contribution in [0.25, 0.3) is 0 Å². The molecule has 0 saturated carbocycles. The predicted octanol–water partition coefficient (Wildman–Crippen LogP) is 5.33. The first kappa shape index (κ1) is 22.2. The maximum atomic E-state index is 14.0. The van der Waals surface area contributed by atoms with Crippen LogP contribution in [0.4, 0.5) is 10.1 Å². The summed E-state index contributed by atoms with van der Waals surface area (Å²) < 4.78 is 31.3. The van der Waals surface area contributed by atoms with E-state index in [4.69, 9.17) is 26.4 Å². The van der Waals surface area contributed by atoms with E-state index >= 15 is 0 Å². The number of anilines is 1. The number of carbonyl (C=O) groups excluding carboxylic acids is 1. The van der Waals surface area contributed by atoms with E-state index in [9.17, 15) is 9.18 Å². The van der Waals surface area contributed by atoms with Crippen molar-refractivity contribution in [1.29, 1.82) is 0 Å². The van der Waals surface area contributed by atoms with Crippen LogP contribution in [-0.4, -0.2) is 35.9 Å². The summed E-state index contributed by atoms with van der Waals surface area (Å²) in [6, 6.07) is 18.2. The summed E-state index contributed by atoms with van der Waals surface area (Å²) in [5.41, 5.74) is 0.884. The van der Waals surface area contributed by atoms with E-state index in [0.29, 0.717) is 34.9 Å². The molecule has 8 heteroatoms. The minimum absolute atomic E-state index is 0.259. The van der Waals surface area contributed by atoms with Gasteiger partial charge >= 0.3 is 0 Å². The molecule has 6 nitrogen and oxygen atoms in total. The largest absolute Gasteiger partial charge is 0.496 e. The standard InChI is InChI=1S/C26H23FN2O4S/c1-26-15-20(18-8-6-10-22(32-3)23(18)33-26)28(24(30)19-7-4-5-9-21(19)31-2)25(34)29(26)17-13-11-16(27)12-14-17/h4-14,20H,15H2,1-3H3/t20-,26-/m0/s1. The van der Waals surface area contributed by atoms with Crippen LogP contribution in [0.3, 0.4) is 0 Å². The molecule has 2 heterocycles. The van der Waals surface area contributed by atoms with Gasteiger partial charge < -0.3 is 14.2 Å². The Morgan fingerprint density at radius 3 is 2.41 bits per heavy atom. The van der Waals surface area contributed by atoms with Gasteiger partial charge in [0.25, 0.3) is 5.91 Å². The lowest BCUT2D eigenvalue weighted by Gasteiger charge is -2.55. The molecule has 2 aliphatic rings. The number of amides is 1. The number of nitrogens with zero attached hydrogens (tertiary/aromatic N) is 2. The first-order valence-corrected chi connectivity index (χ1v) is 11.2. The van der Waals surface area contributed by atoms with Gasteiger partial charge in [-0.05, 0) is 61.6 Å². The molecule has 0 unspecified atom stereocenters. The maximum absolute atomic E-state index is 14.0. The zero-order valence-electron chi connectivity index (χ0n) is 18.9. The molecule has 0 N–H and O–H groups in total. The number of thiocarbonyl (C=S) groups is 1. The highest BCUT2D eigenvalue weighted by atomic mass is 32.1. The molecule has 0 aliphatic carbocycles. The summed E-state index contributed by atoms with van der Waals surface area (Å²) in [5.74, 6) is 0.904. The van der Waals surface area contributed by atoms with Crippen LogP contribution in [0, 0.1) is 5.82 Å². The molecular formula is C26H23FN2O4S. The van der Waals surface area contributed by atoms with E-state index in [1.807, 2.05) is 25.1 Å². The first-order chi connectivity index (χ1) is 16.4. The van der Waals surface area contributed by atoms with Crippen molar-refractivity contribution in [2.75, 3.05) is 19.1 Å². The second-order valence-corrected chi connectivity index (χ2v) is 8.71. The van der Waals surface area contributed by atoms with Crippen LogP contribution in [0.1, 0.15) is 35.3 Å². The average molecular weight is 479 g/mol. The number of rotatable bonds is 4. The fourth-order valence-electron chi connectivity index (χ4n) is 4.76. The van der Waals surface area contributed by atoms with Crippen molar-refractivity contribution < 1.29 is 23.4 Å². The average Bonchev–Trinajstić information content (AvgIpc) is 2.84. The molecule has 34 heavy (non-hydrogen) atoms. The van der Waals surface area contributed by atoms with Gasteiger partial charge in [0.05, 0.1) is 25.8 Å². The van der Waals surface area contributed by atoms with Gasteiger partial charge in [-0.25, -0.2) is 4.39 Å². The zero-order chi connectivity index (χ0) is 24.0. The number of hydrogen-bond acceptors (Lipinski definition) is 5. The number of para-hydroxylation sites is 2. The van der Waals surface area contributed by atoms with E-state index in [0.717, 1.165) is 5.56 Å². The van der Waals surface area contributed by atoms with Crippen molar-refractivity contribution in [2.45, 2.75) is 25.1 Å². The minimum atomic E-state index is -0.932. The highest BCUT2D eigenvalue weighted by Crippen LogP contribution is 2.52. The van der Waals surface area contributed by atoms with E-state index in [1.165, 1.54) is 19.2 Å². The van der Waals surface area contributed by atoms with Gasteiger partial charge in [-0.2, -0.15) is 0 Å². The van der Waals surface area contributed by atoms with E-state index in [-0.39, 0.29) is 16.8 Å². The molecule has 0 aromatic heterocycles.